The van der Waals surface area contributed by atoms with Gasteiger partial charge < -0.3 is 5.11 Å². The van der Waals surface area contributed by atoms with Crippen LogP contribution in [0.3, 0.4) is 0 Å². The van der Waals surface area contributed by atoms with Gasteiger partial charge in [-0.3, -0.25) is 0 Å². The maximum atomic E-state index is 9.34. The number of phenols is 1. The molecule has 0 aliphatic heterocycles. The maximum absolute atomic E-state index is 9.34. The molecule has 0 unspecified atom stereocenters. The van der Waals surface area contributed by atoms with E-state index in [0.29, 0.717) is 5.75 Å². The van der Waals surface area contributed by atoms with Crippen molar-refractivity contribution in [1.29, 1.82) is 0 Å². The molecule has 0 fully saturated rings. The van der Waals surface area contributed by atoms with Crippen LogP contribution in [0.15, 0.2) is 16.6 Å². The van der Waals surface area contributed by atoms with Gasteiger partial charge in [0.1, 0.15) is 5.75 Å². The topological polar surface area (TPSA) is 20.2 Å². The van der Waals surface area contributed by atoms with Gasteiger partial charge in [-0.1, -0.05) is 6.07 Å². The first kappa shape index (κ1) is 14.0. The quantitative estimate of drug-likeness (QED) is 0.610. The Bertz CT molecular complexity index is 251. The molecule has 79 valence electrons. The molecular formula is C8H9Br3CuO. The Morgan fingerprint density at radius 2 is 1.69 bits per heavy atom. The van der Waals surface area contributed by atoms with E-state index in [1.54, 1.807) is 0 Å². The molecule has 0 radical (unpaired) electrons. The van der Waals surface area contributed by atoms with E-state index in [2.05, 4.69) is 44.2 Å². The van der Waals surface area contributed by atoms with E-state index in [1.807, 2.05) is 26.0 Å². The van der Waals surface area contributed by atoms with Crippen LogP contribution in [0.2, 0.25) is 0 Å². The van der Waals surface area contributed by atoms with E-state index in [1.165, 1.54) is 11.3 Å². The van der Waals surface area contributed by atoms with Gasteiger partial charge in [0.05, 0.1) is 4.47 Å². The van der Waals surface area contributed by atoms with Crippen molar-refractivity contribution in [3.05, 3.63) is 27.7 Å². The van der Waals surface area contributed by atoms with Crippen LogP contribution in [-0.2, 0) is 11.3 Å². The SMILES string of the molecule is Cc1ccc(Br)c(O)c1C.[Br][Cu][Br]. The minimum absolute atomic E-state index is 0.347. The summed E-state index contributed by atoms with van der Waals surface area (Å²) in [6.45, 7) is 3.87. The van der Waals surface area contributed by atoms with Crippen LogP contribution in [0.4, 0.5) is 0 Å². The number of rotatable bonds is 0. The molecule has 0 saturated heterocycles. The van der Waals surface area contributed by atoms with Crippen molar-refractivity contribution in [2.24, 2.45) is 0 Å². The molecule has 0 amide bonds. The molecular weight excluding hydrogens is 415 g/mol. The van der Waals surface area contributed by atoms with Crippen molar-refractivity contribution in [2.45, 2.75) is 13.8 Å². The van der Waals surface area contributed by atoms with Crippen molar-refractivity contribution in [1.82, 2.24) is 0 Å². The van der Waals surface area contributed by atoms with Crippen LogP contribution in [0.1, 0.15) is 11.1 Å². The van der Waals surface area contributed by atoms with Crippen molar-refractivity contribution in [2.75, 3.05) is 0 Å². The fraction of sp³-hybridized carbons (Fsp3) is 0.250. The zero-order valence-electron chi connectivity index (χ0n) is 7.04. The number of halogens is 3. The molecule has 1 nitrogen and oxygen atoms in total. The fourth-order valence-corrected chi connectivity index (χ4v) is 1.20. The number of hydrogen-bond acceptors (Lipinski definition) is 1. The molecule has 1 N–H and O–H groups in total. The van der Waals surface area contributed by atoms with Crippen molar-refractivity contribution in [3.8, 4) is 5.75 Å². The minimum atomic E-state index is 0.347. The molecule has 0 atom stereocenters. The molecule has 1 aromatic rings. The summed E-state index contributed by atoms with van der Waals surface area (Å²) >= 11 is 10.6. The van der Waals surface area contributed by atoms with E-state index >= 15 is 0 Å². The number of aryl methyl sites for hydroxylation is 1. The molecule has 1 aromatic carbocycles. The van der Waals surface area contributed by atoms with Crippen LogP contribution >= 0.6 is 44.2 Å². The Labute approximate surface area is 107 Å². The summed E-state index contributed by atoms with van der Waals surface area (Å²) in [6.07, 6.45) is 0. The Morgan fingerprint density at radius 3 is 2.08 bits per heavy atom. The monoisotopic (exact) mass is 421 g/mol. The van der Waals surface area contributed by atoms with E-state index in [-0.39, 0.29) is 0 Å². The first-order valence-corrected chi connectivity index (χ1v) is 8.75. The van der Waals surface area contributed by atoms with E-state index in [0.717, 1.165) is 15.6 Å². The van der Waals surface area contributed by atoms with Gasteiger partial charge in [-0.2, -0.15) is 0 Å². The second-order valence-corrected chi connectivity index (χ2v) is 7.99. The molecule has 0 aliphatic rings. The second kappa shape index (κ2) is 7.29. The van der Waals surface area contributed by atoms with Crippen LogP contribution in [0, 0.1) is 13.8 Å². The van der Waals surface area contributed by atoms with Gasteiger partial charge >= 0.3 is 39.6 Å². The average molecular weight is 424 g/mol. The molecule has 0 aromatic heterocycles. The summed E-state index contributed by atoms with van der Waals surface area (Å²) in [6, 6.07) is 3.82. The molecule has 0 aliphatic carbocycles. The third-order valence-corrected chi connectivity index (χ3v) is 2.29. The van der Waals surface area contributed by atoms with Crippen LogP contribution in [0.25, 0.3) is 0 Å². The average Bonchev–Trinajstić information content (AvgIpc) is 2.10. The van der Waals surface area contributed by atoms with Crippen LogP contribution in [-0.4, -0.2) is 5.11 Å². The second-order valence-electron chi connectivity index (χ2n) is 2.38. The summed E-state index contributed by atoms with van der Waals surface area (Å²) in [4.78, 5) is 0. The summed E-state index contributed by atoms with van der Waals surface area (Å²) in [7, 11) is 0. The van der Waals surface area contributed by atoms with Gasteiger partial charge in [0, 0.05) is 0 Å². The Kier molecular flexibility index (Phi) is 7.84. The molecule has 5 heteroatoms. The summed E-state index contributed by atoms with van der Waals surface area (Å²) < 4.78 is 0.760. The van der Waals surface area contributed by atoms with Gasteiger partial charge in [-0.25, -0.2) is 0 Å². The number of hydrogen-bond donors (Lipinski definition) is 1. The van der Waals surface area contributed by atoms with Gasteiger partial charge in [-0.15, -0.1) is 0 Å². The first-order chi connectivity index (χ1) is 6.04. The normalized spacial score (nSPS) is 9.31. The predicted octanol–water partition coefficient (Wildman–Crippen LogP) is 4.46. The molecule has 0 saturated carbocycles. The Morgan fingerprint density at radius 1 is 1.23 bits per heavy atom. The Balaban J connectivity index is 0.000000424. The molecule has 0 bridgehead atoms. The van der Waals surface area contributed by atoms with Crippen molar-refractivity contribution in [3.63, 3.8) is 0 Å². The summed E-state index contributed by atoms with van der Waals surface area (Å²) in [5.41, 5.74) is 2.05. The molecule has 0 spiro atoms. The van der Waals surface area contributed by atoms with Gasteiger partial charge in [0.15, 0.2) is 0 Å². The zero-order valence-corrected chi connectivity index (χ0v) is 12.7. The predicted molar refractivity (Wildman–Crippen MR) is 63.1 cm³/mol. The number of aromatic hydroxyl groups is 1. The Hall–Kier alpha value is 0.979. The van der Waals surface area contributed by atoms with Gasteiger partial charge in [-0.05, 0) is 47.0 Å². The molecule has 1 rings (SSSR count). The number of benzene rings is 1. The number of phenolic OH excluding ortho intramolecular Hbond substituents is 1. The van der Waals surface area contributed by atoms with E-state index < -0.39 is 0 Å². The third kappa shape index (κ3) is 4.84. The van der Waals surface area contributed by atoms with E-state index in [4.69, 9.17) is 0 Å². The fourth-order valence-electron chi connectivity index (χ4n) is 0.768. The molecule has 0 heterocycles. The summed E-state index contributed by atoms with van der Waals surface area (Å²) in [5, 5.41) is 9.34. The van der Waals surface area contributed by atoms with Crippen molar-refractivity contribution < 1.29 is 16.4 Å². The van der Waals surface area contributed by atoms with Crippen molar-refractivity contribution >= 4 is 44.2 Å². The first-order valence-electron chi connectivity index (χ1n) is 3.30. The van der Waals surface area contributed by atoms with Gasteiger partial charge in [0.2, 0.25) is 0 Å². The third-order valence-electron chi connectivity index (χ3n) is 1.65. The van der Waals surface area contributed by atoms with Crippen LogP contribution in [0.5, 0.6) is 5.75 Å². The van der Waals surface area contributed by atoms with Crippen LogP contribution < -0.4 is 0 Å². The van der Waals surface area contributed by atoms with Gasteiger partial charge in [0.25, 0.3) is 0 Å². The van der Waals surface area contributed by atoms with E-state index in [9.17, 15) is 5.11 Å². The zero-order chi connectivity index (χ0) is 10.4. The standard InChI is InChI=1S/C8H9BrO.2BrH.Cu/c1-5-3-4-7(9)8(10)6(5)2;;;/h3-4,10H,1-2H3;2*1H;/q;;;+2/p-2. The summed E-state index contributed by atoms with van der Waals surface area (Å²) in [5.74, 6) is 0.347. The molecule has 13 heavy (non-hydrogen) atoms.